The summed E-state index contributed by atoms with van der Waals surface area (Å²) < 4.78 is 0. The topological polar surface area (TPSA) is 89.4 Å². The summed E-state index contributed by atoms with van der Waals surface area (Å²) in [5.74, 6) is -0.558. The van der Waals surface area contributed by atoms with Crippen molar-refractivity contribution in [1.29, 1.82) is 0 Å². The van der Waals surface area contributed by atoms with E-state index < -0.39 is 6.04 Å². The Labute approximate surface area is 96.1 Å². The molecule has 1 rings (SSSR count). The number of carbonyl (C=O) groups excluding carboxylic acids is 2. The summed E-state index contributed by atoms with van der Waals surface area (Å²) in [5, 5.41) is 0. The van der Waals surface area contributed by atoms with Crippen LogP contribution in [-0.2, 0) is 9.59 Å². The number of hydrogen-bond donors (Lipinski definition) is 2. The van der Waals surface area contributed by atoms with Crippen LogP contribution in [0.3, 0.4) is 0 Å². The molecule has 16 heavy (non-hydrogen) atoms. The van der Waals surface area contributed by atoms with Gasteiger partial charge in [0.2, 0.25) is 11.8 Å². The summed E-state index contributed by atoms with van der Waals surface area (Å²) in [6, 6.07) is -0.424. The van der Waals surface area contributed by atoms with Gasteiger partial charge in [-0.3, -0.25) is 9.59 Å². The smallest absolute Gasteiger partial charge is 0.239 e. The molecule has 0 bridgehead atoms. The Morgan fingerprint density at radius 3 is 2.69 bits per heavy atom. The number of unbranched alkanes of at least 4 members (excludes halogenated alkanes) is 1. The molecule has 92 valence electrons. The van der Waals surface area contributed by atoms with Gasteiger partial charge in [-0.15, -0.1) is 0 Å². The summed E-state index contributed by atoms with van der Waals surface area (Å²) in [7, 11) is 0. The number of hydrogen-bond acceptors (Lipinski definition) is 3. The zero-order chi connectivity index (χ0) is 12.1. The molecule has 2 atom stereocenters. The quantitative estimate of drug-likeness (QED) is 0.683. The van der Waals surface area contributed by atoms with Crippen LogP contribution in [0.5, 0.6) is 0 Å². The molecule has 0 saturated carbocycles. The van der Waals surface area contributed by atoms with Crippen molar-refractivity contribution in [2.75, 3.05) is 13.1 Å². The Morgan fingerprint density at radius 2 is 2.19 bits per heavy atom. The minimum atomic E-state index is -0.424. The molecule has 2 unspecified atom stereocenters. The number of carbonyl (C=O) groups is 2. The predicted molar refractivity (Wildman–Crippen MR) is 61.4 cm³/mol. The lowest BCUT2D eigenvalue weighted by Crippen LogP contribution is -2.43. The molecule has 1 aliphatic heterocycles. The fourth-order valence-electron chi connectivity index (χ4n) is 1.97. The average Bonchev–Trinajstić information content (AvgIpc) is 2.74. The minimum Gasteiger partial charge on any atom is -0.369 e. The van der Waals surface area contributed by atoms with Gasteiger partial charge in [-0.2, -0.15) is 0 Å². The van der Waals surface area contributed by atoms with E-state index in [9.17, 15) is 9.59 Å². The highest BCUT2D eigenvalue weighted by Gasteiger charge is 2.31. The maximum atomic E-state index is 11.9. The standard InChI is InChI=1S/C11H21N3O2/c1-2-3-4-9(12)11(16)14-6-5-8(7-14)10(13)15/h8-9H,2-7,12H2,1H3,(H2,13,15). The van der Waals surface area contributed by atoms with Crippen LogP contribution in [0.25, 0.3) is 0 Å². The maximum absolute atomic E-state index is 11.9. The van der Waals surface area contributed by atoms with E-state index in [1.807, 2.05) is 0 Å². The highest BCUT2D eigenvalue weighted by Crippen LogP contribution is 2.17. The molecule has 0 radical (unpaired) electrons. The Balaban J connectivity index is 2.41. The van der Waals surface area contributed by atoms with Gasteiger partial charge in [0.25, 0.3) is 0 Å². The monoisotopic (exact) mass is 227 g/mol. The van der Waals surface area contributed by atoms with Crippen LogP contribution in [0.2, 0.25) is 0 Å². The first-order valence-corrected chi connectivity index (χ1v) is 5.90. The van der Waals surface area contributed by atoms with Crippen molar-refractivity contribution in [2.45, 2.75) is 38.6 Å². The number of amides is 2. The normalized spacial score (nSPS) is 22.1. The van der Waals surface area contributed by atoms with Gasteiger partial charge < -0.3 is 16.4 Å². The zero-order valence-corrected chi connectivity index (χ0v) is 9.82. The number of primary amides is 1. The first-order chi connectivity index (χ1) is 7.56. The summed E-state index contributed by atoms with van der Waals surface area (Å²) in [4.78, 5) is 24.5. The van der Waals surface area contributed by atoms with Gasteiger partial charge in [-0.25, -0.2) is 0 Å². The van der Waals surface area contributed by atoms with Crippen LogP contribution in [0.1, 0.15) is 32.6 Å². The second kappa shape index (κ2) is 5.84. The first-order valence-electron chi connectivity index (χ1n) is 5.90. The van der Waals surface area contributed by atoms with E-state index in [1.54, 1.807) is 4.90 Å². The lowest BCUT2D eigenvalue weighted by Gasteiger charge is -2.20. The Morgan fingerprint density at radius 1 is 1.50 bits per heavy atom. The Kier molecular flexibility index (Phi) is 4.73. The summed E-state index contributed by atoms with van der Waals surface area (Å²) in [6.07, 6.45) is 3.37. The van der Waals surface area contributed by atoms with Crippen molar-refractivity contribution in [1.82, 2.24) is 4.90 Å². The van der Waals surface area contributed by atoms with Crippen LogP contribution < -0.4 is 11.5 Å². The third-order valence-corrected chi connectivity index (χ3v) is 3.09. The molecule has 2 amide bonds. The Hall–Kier alpha value is -1.10. The van der Waals surface area contributed by atoms with Crippen molar-refractivity contribution in [3.8, 4) is 0 Å². The minimum absolute atomic E-state index is 0.0443. The van der Waals surface area contributed by atoms with Crippen molar-refractivity contribution >= 4 is 11.8 Å². The van der Waals surface area contributed by atoms with Gasteiger partial charge in [-0.1, -0.05) is 19.8 Å². The van der Waals surface area contributed by atoms with Crippen LogP contribution in [0.4, 0.5) is 0 Å². The van der Waals surface area contributed by atoms with Crippen LogP contribution in [0.15, 0.2) is 0 Å². The van der Waals surface area contributed by atoms with E-state index in [0.29, 0.717) is 25.9 Å². The van der Waals surface area contributed by atoms with Gasteiger partial charge in [0.05, 0.1) is 12.0 Å². The second-order valence-corrected chi connectivity index (χ2v) is 4.42. The third-order valence-electron chi connectivity index (χ3n) is 3.09. The number of nitrogens with two attached hydrogens (primary N) is 2. The predicted octanol–water partition coefficient (Wildman–Crippen LogP) is -0.162. The summed E-state index contributed by atoms with van der Waals surface area (Å²) >= 11 is 0. The van der Waals surface area contributed by atoms with Gasteiger partial charge in [0.15, 0.2) is 0 Å². The van der Waals surface area contributed by atoms with Gasteiger partial charge in [0.1, 0.15) is 0 Å². The molecule has 0 aromatic carbocycles. The fourth-order valence-corrected chi connectivity index (χ4v) is 1.97. The average molecular weight is 227 g/mol. The molecular weight excluding hydrogens is 206 g/mol. The molecule has 0 aromatic heterocycles. The molecule has 0 aliphatic carbocycles. The second-order valence-electron chi connectivity index (χ2n) is 4.42. The molecule has 0 spiro atoms. The van der Waals surface area contributed by atoms with E-state index in [1.165, 1.54) is 0 Å². The van der Waals surface area contributed by atoms with E-state index in [2.05, 4.69) is 6.92 Å². The SMILES string of the molecule is CCCCC(N)C(=O)N1CCC(C(N)=O)C1. The van der Waals surface area contributed by atoms with E-state index in [0.717, 1.165) is 12.8 Å². The van der Waals surface area contributed by atoms with Crippen molar-refractivity contribution < 1.29 is 9.59 Å². The molecule has 0 aromatic rings. The lowest BCUT2D eigenvalue weighted by atomic mass is 10.1. The molecule has 1 saturated heterocycles. The third kappa shape index (κ3) is 3.20. The molecule has 4 N–H and O–H groups in total. The maximum Gasteiger partial charge on any atom is 0.239 e. The lowest BCUT2D eigenvalue weighted by molar-refractivity contribution is -0.132. The number of nitrogens with zero attached hydrogens (tertiary/aromatic N) is 1. The van der Waals surface area contributed by atoms with Crippen LogP contribution in [0, 0.1) is 5.92 Å². The van der Waals surface area contributed by atoms with E-state index in [-0.39, 0.29) is 17.7 Å². The molecule has 1 aliphatic rings. The number of likely N-dealkylation sites (tertiary alicyclic amines) is 1. The molecular formula is C11H21N3O2. The highest BCUT2D eigenvalue weighted by atomic mass is 16.2. The largest absolute Gasteiger partial charge is 0.369 e. The Bertz CT molecular complexity index is 268. The van der Waals surface area contributed by atoms with E-state index in [4.69, 9.17) is 11.5 Å². The first kappa shape index (κ1) is 13.0. The van der Waals surface area contributed by atoms with Gasteiger partial charge in [-0.05, 0) is 12.8 Å². The van der Waals surface area contributed by atoms with Gasteiger partial charge in [0, 0.05) is 13.1 Å². The molecule has 1 heterocycles. The van der Waals surface area contributed by atoms with E-state index >= 15 is 0 Å². The summed E-state index contributed by atoms with van der Waals surface area (Å²) in [5.41, 5.74) is 11.0. The van der Waals surface area contributed by atoms with Crippen LogP contribution >= 0.6 is 0 Å². The molecule has 5 nitrogen and oxygen atoms in total. The fraction of sp³-hybridized carbons (Fsp3) is 0.818. The van der Waals surface area contributed by atoms with Crippen molar-refractivity contribution in [2.24, 2.45) is 17.4 Å². The molecule has 5 heteroatoms. The summed E-state index contributed by atoms with van der Waals surface area (Å²) in [6.45, 7) is 3.11. The highest BCUT2D eigenvalue weighted by molar-refractivity contribution is 5.84. The van der Waals surface area contributed by atoms with Gasteiger partial charge >= 0.3 is 0 Å². The van der Waals surface area contributed by atoms with Crippen LogP contribution in [-0.4, -0.2) is 35.8 Å². The number of rotatable bonds is 5. The van der Waals surface area contributed by atoms with Crippen molar-refractivity contribution in [3.05, 3.63) is 0 Å². The molecule has 1 fully saturated rings. The zero-order valence-electron chi connectivity index (χ0n) is 9.82. The van der Waals surface area contributed by atoms with Crippen molar-refractivity contribution in [3.63, 3.8) is 0 Å².